The molecule has 0 unspecified atom stereocenters. The molecule has 0 fully saturated rings. The predicted octanol–water partition coefficient (Wildman–Crippen LogP) is 4.00. The highest BCUT2D eigenvalue weighted by Gasteiger charge is 2.75. The van der Waals surface area contributed by atoms with Gasteiger partial charge in [-0.05, 0) is 24.1 Å². The van der Waals surface area contributed by atoms with Crippen LogP contribution >= 0.6 is 15.9 Å². The molecule has 32 heavy (non-hydrogen) atoms. The smallest absolute Gasteiger partial charge is 0.438 e. The summed E-state index contributed by atoms with van der Waals surface area (Å²) in [6.07, 6.45) is -14.6. The number of halogens is 7. The maximum Gasteiger partial charge on any atom is 0.438 e. The Kier molecular flexibility index (Phi) is 9.53. The van der Waals surface area contributed by atoms with E-state index in [2.05, 4.69) is 20.7 Å². The van der Waals surface area contributed by atoms with Crippen LogP contribution in [-0.2, 0) is 35.6 Å². The lowest BCUT2D eigenvalue weighted by molar-refractivity contribution is -0.361. The van der Waals surface area contributed by atoms with E-state index in [1.54, 1.807) is 24.3 Å². The van der Waals surface area contributed by atoms with E-state index in [9.17, 15) is 44.3 Å². The van der Waals surface area contributed by atoms with Crippen molar-refractivity contribution in [3.05, 3.63) is 34.3 Å². The Morgan fingerprint density at radius 3 is 1.91 bits per heavy atom. The zero-order chi connectivity index (χ0) is 24.8. The predicted molar refractivity (Wildman–Crippen MR) is 100 cm³/mol. The van der Waals surface area contributed by atoms with Gasteiger partial charge in [0, 0.05) is 23.7 Å². The Morgan fingerprint density at radius 1 is 0.938 bits per heavy atom. The van der Waals surface area contributed by atoms with Gasteiger partial charge in [-0.15, -0.1) is 0 Å². The average Bonchev–Trinajstić information content (AvgIpc) is 2.59. The van der Waals surface area contributed by atoms with Crippen LogP contribution in [0.1, 0.15) is 24.8 Å². The van der Waals surface area contributed by atoms with Crippen molar-refractivity contribution in [2.45, 2.75) is 43.6 Å². The second-order valence-electron chi connectivity index (χ2n) is 6.47. The number of benzene rings is 1. The molecule has 1 rings (SSSR count). The summed E-state index contributed by atoms with van der Waals surface area (Å²) in [6.45, 7) is -0.0511. The first-order valence-electron chi connectivity index (χ1n) is 8.67. The summed E-state index contributed by atoms with van der Waals surface area (Å²) < 4.78 is 118. The first-order chi connectivity index (χ1) is 14.5. The van der Waals surface area contributed by atoms with E-state index in [4.69, 9.17) is 9.29 Å². The Hall–Kier alpha value is -1.87. The number of rotatable bonds is 10. The number of esters is 2. The van der Waals surface area contributed by atoms with E-state index >= 15 is 0 Å². The summed E-state index contributed by atoms with van der Waals surface area (Å²) in [4.78, 5) is 23.2. The minimum atomic E-state index is -6.40. The molecule has 0 saturated heterocycles. The van der Waals surface area contributed by atoms with Gasteiger partial charge in [-0.25, -0.2) is 0 Å². The third-order valence-corrected chi connectivity index (χ3v) is 5.22. The van der Waals surface area contributed by atoms with Crippen molar-refractivity contribution in [2.24, 2.45) is 0 Å². The molecule has 0 saturated carbocycles. The molecule has 0 aliphatic heterocycles. The number of carbonyl (C=O) groups excluding carboxylic acids is 2. The molecule has 0 aliphatic carbocycles. The van der Waals surface area contributed by atoms with Crippen molar-refractivity contribution >= 4 is 38.0 Å². The van der Waals surface area contributed by atoms with Crippen molar-refractivity contribution in [1.29, 1.82) is 0 Å². The molecule has 15 heteroatoms. The molecule has 0 radical (unpaired) electrons. The number of hydrogen-bond acceptors (Lipinski definition) is 6. The van der Waals surface area contributed by atoms with Gasteiger partial charge in [-0.2, -0.15) is 34.8 Å². The minimum Gasteiger partial charge on any atom is -0.465 e. The Morgan fingerprint density at radius 2 is 1.44 bits per heavy atom. The average molecular weight is 559 g/mol. The lowest BCUT2D eigenvalue weighted by atomic mass is 10.1. The Bertz CT molecular complexity index is 883. The fourth-order valence-corrected chi connectivity index (χ4v) is 3.52. The standard InChI is InChI=1S/C17H17BrF6O7S/c18-12-6-4-11(5-7-12)8-9-30-13(25)2-1-3-14(26)31-15(16(19,20)21,17(22,23)24)10-32(27,28)29/h4-7H,1-3,8-10H2,(H,27,28,29). The van der Waals surface area contributed by atoms with Crippen molar-refractivity contribution in [1.82, 2.24) is 0 Å². The number of hydrogen-bond donors (Lipinski definition) is 1. The topological polar surface area (TPSA) is 107 Å². The number of alkyl halides is 6. The summed E-state index contributed by atoms with van der Waals surface area (Å²) in [7, 11) is -5.86. The van der Waals surface area contributed by atoms with E-state index in [0.717, 1.165) is 10.0 Å². The highest BCUT2D eigenvalue weighted by atomic mass is 79.9. The molecule has 1 aromatic carbocycles. The van der Waals surface area contributed by atoms with E-state index in [1.165, 1.54) is 0 Å². The van der Waals surface area contributed by atoms with Crippen LogP contribution in [0, 0.1) is 0 Å². The quantitative estimate of drug-likeness (QED) is 0.263. The van der Waals surface area contributed by atoms with Gasteiger partial charge in [0.2, 0.25) is 0 Å². The fraction of sp³-hybridized carbons (Fsp3) is 0.529. The van der Waals surface area contributed by atoms with Gasteiger partial charge in [0.25, 0.3) is 10.1 Å². The van der Waals surface area contributed by atoms with Crippen molar-refractivity contribution in [2.75, 3.05) is 12.4 Å². The molecule has 0 aliphatic rings. The number of carbonyl (C=O) groups is 2. The fourth-order valence-electron chi connectivity index (χ4n) is 2.35. The number of ether oxygens (including phenoxy) is 2. The maximum absolute atomic E-state index is 13.1. The first-order valence-corrected chi connectivity index (χ1v) is 11.1. The van der Waals surface area contributed by atoms with E-state index in [1.807, 2.05) is 0 Å². The van der Waals surface area contributed by atoms with Crippen LogP contribution in [0.25, 0.3) is 0 Å². The van der Waals surface area contributed by atoms with Crippen molar-refractivity contribution in [3.63, 3.8) is 0 Å². The molecule has 0 spiro atoms. The second kappa shape index (κ2) is 10.8. The molecule has 182 valence electrons. The van der Waals surface area contributed by atoms with Gasteiger partial charge in [-0.1, -0.05) is 28.1 Å². The van der Waals surface area contributed by atoms with Gasteiger partial charge in [0.15, 0.2) is 0 Å². The summed E-state index contributed by atoms with van der Waals surface area (Å²) >= 11 is 3.24. The van der Waals surface area contributed by atoms with Crippen molar-refractivity contribution < 1.29 is 58.4 Å². The summed E-state index contributed by atoms with van der Waals surface area (Å²) in [5.74, 6) is -5.88. The highest BCUT2D eigenvalue weighted by Crippen LogP contribution is 2.47. The SMILES string of the molecule is O=C(CCCC(=O)OC(CS(=O)(=O)O)(C(F)(F)F)C(F)(F)F)OCCc1ccc(Br)cc1. The molecule has 7 nitrogen and oxygen atoms in total. The van der Waals surface area contributed by atoms with Crippen LogP contribution in [0.3, 0.4) is 0 Å². The van der Waals surface area contributed by atoms with Crippen LogP contribution in [0.4, 0.5) is 26.3 Å². The highest BCUT2D eigenvalue weighted by molar-refractivity contribution is 9.10. The monoisotopic (exact) mass is 558 g/mol. The van der Waals surface area contributed by atoms with Gasteiger partial charge in [0.05, 0.1) is 6.61 Å². The van der Waals surface area contributed by atoms with Gasteiger partial charge < -0.3 is 9.47 Å². The third-order valence-electron chi connectivity index (χ3n) is 3.92. The Labute approximate surface area is 186 Å². The first kappa shape index (κ1) is 28.2. The van der Waals surface area contributed by atoms with E-state index in [0.29, 0.717) is 6.42 Å². The Balaban J connectivity index is 2.63. The molecular weight excluding hydrogens is 542 g/mol. The normalized spacial score (nSPS) is 13.0. The molecule has 0 amide bonds. The largest absolute Gasteiger partial charge is 0.465 e. The van der Waals surface area contributed by atoms with Gasteiger partial charge in [0.1, 0.15) is 5.75 Å². The maximum atomic E-state index is 13.1. The minimum absolute atomic E-state index is 0.0511. The van der Waals surface area contributed by atoms with Crippen LogP contribution in [0.5, 0.6) is 0 Å². The molecule has 0 heterocycles. The van der Waals surface area contributed by atoms with Crippen molar-refractivity contribution in [3.8, 4) is 0 Å². The molecule has 0 atom stereocenters. The molecule has 0 aromatic heterocycles. The molecule has 0 bridgehead atoms. The lowest BCUT2D eigenvalue weighted by Crippen LogP contribution is -2.63. The molecule has 1 aromatic rings. The van der Waals surface area contributed by atoms with Crippen LogP contribution in [0.15, 0.2) is 28.7 Å². The summed E-state index contributed by atoms with van der Waals surface area (Å²) in [6, 6.07) is 7.03. The second-order valence-corrected chi connectivity index (χ2v) is 8.84. The van der Waals surface area contributed by atoms with Crippen LogP contribution in [-0.4, -0.2) is 55.2 Å². The van der Waals surface area contributed by atoms with E-state index < -0.39 is 65.0 Å². The third kappa shape index (κ3) is 8.58. The van der Waals surface area contributed by atoms with Crippen LogP contribution < -0.4 is 0 Å². The zero-order valence-electron chi connectivity index (χ0n) is 16.0. The molecule has 1 N–H and O–H groups in total. The van der Waals surface area contributed by atoms with E-state index in [-0.39, 0.29) is 6.61 Å². The summed E-state index contributed by atoms with van der Waals surface area (Å²) in [5.41, 5.74) is -4.63. The zero-order valence-corrected chi connectivity index (χ0v) is 18.4. The van der Waals surface area contributed by atoms with Gasteiger partial charge >= 0.3 is 29.9 Å². The lowest BCUT2D eigenvalue weighted by Gasteiger charge is -2.35. The summed E-state index contributed by atoms with van der Waals surface area (Å²) in [5, 5.41) is 0. The van der Waals surface area contributed by atoms with Crippen LogP contribution in [0.2, 0.25) is 0 Å². The molecular formula is C17H17BrF6O7S. The van der Waals surface area contributed by atoms with Gasteiger partial charge in [-0.3, -0.25) is 14.1 Å².